The number of fused-ring (bicyclic) bond motifs is 1. The Labute approximate surface area is 123 Å². The fourth-order valence-electron chi connectivity index (χ4n) is 2.69. The molecule has 21 heavy (non-hydrogen) atoms. The van der Waals surface area contributed by atoms with Crippen molar-refractivity contribution in [2.45, 2.75) is 6.92 Å². The maximum atomic E-state index is 11.0. The highest BCUT2D eigenvalue weighted by molar-refractivity contribution is 5.88. The third-order valence-corrected chi connectivity index (χ3v) is 3.80. The Bertz CT molecular complexity index is 700. The molecule has 0 spiro atoms. The van der Waals surface area contributed by atoms with Crippen molar-refractivity contribution in [3.63, 3.8) is 0 Å². The molecule has 0 radical (unpaired) electrons. The van der Waals surface area contributed by atoms with Gasteiger partial charge in [0.25, 0.3) is 0 Å². The Kier molecular flexibility index (Phi) is 3.25. The minimum atomic E-state index is -0.948. The van der Waals surface area contributed by atoms with Crippen LogP contribution in [0.1, 0.15) is 15.9 Å². The zero-order valence-electron chi connectivity index (χ0n) is 12.1. The molecule has 1 aliphatic heterocycles. The molecule has 0 atom stereocenters. The Morgan fingerprint density at radius 1 is 1.24 bits per heavy atom. The van der Waals surface area contributed by atoms with Gasteiger partial charge in [0, 0.05) is 26.3 Å². The topological polar surface area (TPSA) is 56.7 Å². The number of hydrogen-bond donors (Lipinski definition) is 1. The van der Waals surface area contributed by atoms with Crippen LogP contribution < -0.4 is 9.80 Å². The number of aromatic nitrogens is 1. The number of aryl methyl sites for hydroxylation is 1. The fraction of sp³-hybridized carbons (Fsp3) is 0.250. The molecule has 0 saturated heterocycles. The molecule has 1 aliphatic rings. The van der Waals surface area contributed by atoms with Gasteiger partial charge < -0.3 is 14.9 Å². The van der Waals surface area contributed by atoms with E-state index in [4.69, 9.17) is 5.11 Å². The lowest BCUT2D eigenvalue weighted by molar-refractivity contribution is 0.0696. The highest BCUT2D eigenvalue weighted by Crippen LogP contribution is 2.37. The number of carboxylic acids is 1. The maximum absolute atomic E-state index is 11.0. The lowest BCUT2D eigenvalue weighted by Gasteiger charge is -2.36. The predicted molar refractivity (Wildman–Crippen MR) is 82.7 cm³/mol. The van der Waals surface area contributed by atoms with Crippen LogP contribution in [0, 0.1) is 6.92 Å². The van der Waals surface area contributed by atoms with Crippen LogP contribution in [0.2, 0.25) is 0 Å². The second-order valence-electron chi connectivity index (χ2n) is 5.23. The van der Waals surface area contributed by atoms with Crippen molar-refractivity contribution in [3.05, 3.63) is 47.7 Å². The molecule has 108 valence electrons. The molecule has 0 saturated carbocycles. The minimum absolute atomic E-state index is 0.221. The summed E-state index contributed by atoms with van der Waals surface area (Å²) >= 11 is 0. The molecule has 1 aromatic heterocycles. The second-order valence-corrected chi connectivity index (χ2v) is 5.23. The van der Waals surface area contributed by atoms with Crippen LogP contribution in [0.4, 0.5) is 17.2 Å². The molecular weight excluding hydrogens is 266 g/mol. The van der Waals surface area contributed by atoms with Crippen molar-refractivity contribution < 1.29 is 9.90 Å². The predicted octanol–water partition coefficient (Wildman–Crippen LogP) is 2.68. The van der Waals surface area contributed by atoms with E-state index in [1.807, 2.05) is 19.1 Å². The number of carboxylic acid groups (broad SMARTS) is 1. The maximum Gasteiger partial charge on any atom is 0.337 e. The number of nitrogens with zero attached hydrogens (tertiary/aromatic N) is 3. The summed E-state index contributed by atoms with van der Waals surface area (Å²) in [4.78, 5) is 19.8. The molecule has 0 amide bonds. The minimum Gasteiger partial charge on any atom is -0.478 e. The van der Waals surface area contributed by atoms with E-state index >= 15 is 0 Å². The second kappa shape index (κ2) is 5.09. The Morgan fingerprint density at radius 2 is 1.95 bits per heavy atom. The summed E-state index contributed by atoms with van der Waals surface area (Å²) in [6.45, 7) is 3.63. The van der Waals surface area contributed by atoms with E-state index in [0.29, 0.717) is 0 Å². The number of aromatic carboxylic acids is 1. The van der Waals surface area contributed by atoms with E-state index in [-0.39, 0.29) is 5.56 Å². The number of pyridine rings is 1. The van der Waals surface area contributed by atoms with Crippen molar-refractivity contribution in [1.29, 1.82) is 0 Å². The molecule has 0 fully saturated rings. The molecule has 2 heterocycles. The highest BCUT2D eigenvalue weighted by atomic mass is 16.4. The van der Waals surface area contributed by atoms with E-state index in [0.717, 1.165) is 35.8 Å². The largest absolute Gasteiger partial charge is 0.478 e. The smallest absolute Gasteiger partial charge is 0.337 e. The third kappa shape index (κ3) is 2.31. The van der Waals surface area contributed by atoms with E-state index in [9.17, 15) is 4.79 Å². The van der Waals surface area contributed by atoms with Gasteiger partial charge in [-0.1, -0.05) is 12.1 Å². The van der Waals surface area contributed by atoms with Crippen LogP contribution in [-0.2, 0) is 0 Å². The first-order valence-corrected chi connectivity index (χ1v) is 6.85. The SMILES string of the molecule is Cc1cc(C(=O)O)cnc1N1CCN(C)c2ccccc21. The van der Waals surface area contributed by atoms with Crippen molar-refractivity contribution in [3.8, 4) is 0 Å². The van der Waals surface area contributed by atoms with Crippen molar-refractivity contribution >= 4 is 23.2 Å². The summed E-state index contributed by atoms with van der Waals surface area (Å²) in [5.41, 5.74) is 3.35. The third-order valence-electron chi connectivity index (χ3n) is 3.80. The molecule has 5 heteroatoms. The van der Waals surface area contributed by atoms with Crippen molar-refractivity contribution in [1.82, 2.24) is 4.98 Å². The van der Waals surface area contributed by atoms with Gasteiger partial charge in [-0.2, -0.15) is 0 Å². The lowest BCUT2D eigenvalue weighted by Crippen LogP contribution is -2.37. The standard InChI is InChI=1S/C16H17N3O2/c1-11-9-12(16(20)21)10-17-15(11)19-8-7-18(2)13-5-3-4-6-14(13)19/h3-6,9-10H,7-8H2,1-2H3,(H,20,21). The summed E-state index contributed by atoms with van der Waals surface area (Å²) in [5, 5.41) is 9.04. The molecule has 3 rings (SSSR count). The summed E-state index contributed by atoms with van der Waals surface area (Å²) in [6, 6.07) is 9.85. The van der Waals surface area contributed by atoms with Crippen molar-refractivity contribution in [2.75, 3.05) is 29.9 Å². The van der Waals surface area contributed by atoms with Crippen LogP contribution in [0.15, 0.2) is 36.5 Å². The zero-order valence-corrected chi connectivity index (χ0v) is 12.1. The van der Waals surface area contributed by atoms with Gasteiger partial charge in [-0.05, 0) is 30.7 Å². The molecule has 0 aliphatic carbocycles. The number of carbonyl (C=O) groups is 1. The summed E-state index contributed by atoms with van der Waals surface area (Å²) in [7, 11) is 2.07. The van der Waals surface area contributed by atoms with Gasteiger partial charge in [0.2, 0.25) is 0 Å². The first-order chi connectivity index (χ1) is 10.1. The number of likely N-dealkylation sites (N-methyl/N-ethyl adjacent to an activating group) is 1. The molecule has 2 aromatic rings. The highest BCUT2D eigenvalue weighted by Gasteiger charge is 2.23. The average Bonchev–Trinajstić information content (AvgIpc) is 2.48. The number of hydrogen-bond acceptors (Lipinski definition) is 4. The summed E-state index contributed by atoms with van der Waals surface area (Å²) < 4.78 is 0. The monoisotopic (exact) mass is 283 g/mol. The molecule has 1 aromatic carbocycles. The first kappa shape index (κ1) is 13.4. The molecular formula is C16H17N3O2. The number of benzene rings is 1. The van der Waals surface area contributed by atoms with E-state index in [2.05, 4.69) is 34.0 Å². The van der Waals surface area contributed by atoms with E-state index in [1.165, 1.54) is 6.20 Å². The summed E-state index contributed by atoms with van der Waals surface area (Å²) in [6.07, 6.45) is 1.42. The van der Waals surface area contributed by atoms with Gasteiger partial charge in [0.15, 0.2) is 0 Å². The van der Waals surface area contributed by atoms with Gasteiger partial charge in [-0.3, -0.25) is 0 Å². The van der Waals surface area contributed by atoms with Gasteiger partial charge in [-0.25, -0.2) is 9.78 Å². The first-order valence-electron chi connectivity index (χ1n) is 6.85. The van der Waals surface area contributed by atoms with Gasteiger partial charge in [0.1, 0.15) is 5.82 Å². The number of rotatable bonds is 2. The molecule has 5 nitrogen and oxygen atoms in total. The van der Waals surface area contributed by atoms with Crippen molar-refractivity contribution in [2.24, 2.45) is 0 Å². The fourth-order valence-corrected chi connectivity index (χ4v) is 2.69. The van der Waals surface area contributed by atoms with Crippen LogP contribution in [-0.4, -0.2) is 36.2 Å². The van der Waals surface area contributed by atoms with E-state index < -0.39 is 5.97 Å². The summed E-state index contributed by atoms with van der Waals surface area (Å²) in [5.74, 6) is -0.128. The Hall–Kier alpha value is -2.56. The van der Waals surface area contributed by atoms with Gasteiger partial charge in [0.05, 0.1) is 16.9 Å². The van der Waals surface area contributed by atoms with E-state index in [1.54, 1.807) is 6.07 Å². The average molecular weight is 283 g/mol. The van der Waals surface area contributed by atoms with Crippen LogP contribution in [0.5, 0.6) is 0 Å². The van der Waals surface area contributed by atoms with Crippen LogP contribution in [0.25, 0.3) is 0 Å². The Morgan fingerprint density at radius 3 is 2.62 bits per heavy atom. The van der Waals surface area contributed by atoms with Gasteiger partial charge in [-0.15, -0.1) is 0 Å². The number of para-hydroxylation sites is 2. The van der Waals surface area contributed by atoms with Gasteiger partial charge >= 0.3 is 5.97 Å². The lowest BCUT2D eigenvalue weighted by atomic mass is 10.1. The molecule has 0 unspecified atom stereocenters. The van der Waals surface area contributed by atoms with Crippen LogP contribution >= 0.6 is 0 Å². The Balaban J connectivity index is 2.06. The number of anilines is 3. The molecule has 0 bridgehead atoms. The zero-order chi connectivity index (χ0) is 15.0. The normalized spacial score (nSPS) is 14.0. The quantitative estimate of drug-likeness (QED) is 0.918. The van der Waals surface area contributed by atoms with Crippen LogP contribution in [0.3, 0.4) is 0 Å². The molecule has 1 N–H and O–H groups in total.